The highest BCUT2D eigenvalue weighted by Gasteiger charge is 2.50. The van der Waals surface area contributed by atoms with Crippen LogP contribution in [-0.2, 0) is 4.74 Å². The van der Waals surface area contributed by atoms with Gasteiger partial charge in [-0.25, -0.2) is 0 Å². The van der Waals surface area contributed by atoms with Crippen LogP contribution in [-0.4, -0.2) is 43.6 Å². The van der Waals surface area contributed by atoms with Gasteiger partial charge in [0.2, 0.25) is 0 Å². The van der Waals surface area contributed by atoms with E-state index in [0.29, 0.717) is 11.3 Å². The highest BCUT2D eigenvalue weighted by Crippen LogP contribution is 2.57. The van der Waals surface area contributed by atoms with Crippen molar-refractivity contribution in [1.29, 1.82) is 5.41 Å². The Morgan fingerprint density at radius 2 is 1.61 bits per heavy atom. The van der Waals surface area contributed by atoms with E-state index >= 15 is 0 Å². The molecule has 4 heteroatoms. The molecule has 2 bridgehead atoms. The number of fused-ring (bicyclic) bond motifs is 3. The Morgan fingerprint density at radius 1 is 1.06 bits per heavy atom. The zero-order valence-electron chi connectivity index (χ0n) is 11.2. The molecule has 102 valence electrons. The lowest BCUT2D eigenvalue weighted by atomic mass is 9.53. The van der Waals surface area contributed by atoms with Crippen LogP contribution < -0.4 is 5.73 Å². The third-order valence-corrected chi connectivity index (χ3v) is 5.64. The predicted molar refractivity (Wildman–Crippen MR) is 71.7 cm³/mol. The van der Waals surface area contributed by atoms with Crippen molar-refractivity contribution in [3.8, 4) is 0 Å². The third kappa shape index (κ3) is 2.05. The molecule has 0 spiro atoms. The van der Waals surface area contributed by atoms with Gasteiger partial charge in [0.1, 0.15) is 0 Å². The molecule has 0 amide bonds. The lowest BCUT2D eigenvalue weighted by Gasteiger charge is -2.54. The molecule has 18 heavy (non-hydrogen) atoms. The minimum atomic E-state index is 0.0762. The summed E-state index contributed by atoms with van der Waals surface area (Å²) in [5, 5.41) is 7.83. The molecule has 0 aromatic carbocycles. The van der Waals surface area contributed by atoms with Crippen molar-refractivity contribution in [3.63, 3.8) is 0 Å². The van der Waals surface area contributed by atoms with Gasteiger partial charge < -0.3 is 10.5 Å². The number of ether oxygens (including phenoxy) is 1. The average molecular weight is 251 g/mol. The summed E-state index contributed by atoms with van der Waals surface area (Å²) in [5.74, 6) is 0.446. The van der Waals surface area contributed by atoms with E-state index in [2.05, 4.69) is 4.90 Å². The maximum atomic E-state index is 7.83. The van der Waals surface area contributed by atoms with Gasteiger partial charge in [0.05, 0.1) is 19.0 Å². The molecule has 4 fully saturated rings. The van der Waals surface area contributed by atoms with E-state index < -0.39 is 0 Å². The number of rotatable bonds is 3. The largest absolute Gasteiger partial charge is 0.387 e. The molecule has 4 nitrogen and oxygen atoms in total. The van der Waals surface area contributed by atoms with Crippen molar-refractivity contribution >= 4 is 5.84 Å². The maximum Gasteiger partial charge on any atom is 0.0968 e. The number of hydrogen-bond donors (Lipinski definition) is 2. The van der Waals surface area contributed by atoms with Gasteiger partial charge in [-0.05, 0) is 43.9 Å². The summed E-state index contributed by atoms with van der Waals surface area (Å²) in [6, 6.07) is 0. The van der Waals surface area contributed by atoms with Gasteiger partial charge in [-0.2, -0.15) is 0 Å². The number of nitrogens with zero attached hydrogens (tertiary/aromatic N) is 1. The van der Waals surface area contributed by atoms with Gasteiger partial charge >= 0.3 is 0 Å². The number of nitrogens with one attached hydrogen (secondary N) is 1. The summed E-state index contributed by atoms with van der Waals surface area (Å²) in [6.07, 6.45) is 7.24. The van der Waals surface area contributed by atoms with Crippen LogP contribution >= 0.6 is 0 Å². The summed E-state index contributed by atoms with van der Waals surface area (Å²) in [7, 11) is 0. The summed E-state index contributed by atoms with van der Waals surface area (Å²) >= 11 is 0. The van der Waals surface area contributed by atoms with Crippen molar-refractivity contribution in [2.24, 2.45) is 16.6 Å². The van der Waals surface area contributed by atoms with E-state index in [4.69, 9.17) is 15.9 Å². The molecule has 0 aromatic heterocycles. The highest BCUT2D eigenvalue weighted by atomic mass is 16.5. The molecule has 3 saturated carbocycles. The molecule has 1 aliphatic heterocycles. The van der Waals surface area contributed by atoms with E-state index in [9.17, 15) is 0 Å². The van der Waals surface area contributed by atoms with E-state index in [1.807, 2.05) is 0 Å². The maximum absolute atomic E-state index is 7.83. The van der Waals surface area contributed by atoms with E-state index in [0.717, 1.165) is 45.6 Å². The molecular weight excluding hydrogens is 226 g/mol. The molecule has 3 N–H and O–H groups in total. The number of hydrogen-bond acceptors (Lipinski definition) is 3. The Hall–Kier alpha value is -0.610. The third-order valence-electron chi connectivity index (χ3n) is 5.64. The standard InChI is InChI=1S/C14H25N3O/c15-12(16)14-4-1-13(2-5-14,3-6-14)11-17-7-9-18-10-8-17/h1-11H2,(H3,15,16). The van der Waals surface area contributed by atoms with Gasteiger partial charge in [-0.15, -0.1) is 0 Å². The number of morpholine rings is 1. The van der Waals surface area contributed by atoms with Crippen LogP contribution in [0.25, 0.3) is 0 Å². The number of nitrogens with two attached hydrogens (primary N) is 1. The van der Waals surface area contributed by atoms with Crippen molar-refractivity contribution in [2.75, 3.05) is 32.8 Å². The molecule has 4 rings (SSSR count). The molecule has 0 atom stereocenters. The molecule has 0 aromatic rings. The van der Waals surface area contributed by atoms with Crippen LogP contribution in [0.15, 0.2) is 0 Å². The molecule has 0 radical (unpaired) electrons. The normalized spacial score (nSPS) is 40.9. The van der Waals surface area contributed by atoms with Gasteiger partial charge in [0, 0.05) is 25.0 Å². The summed E-state index contributed by atoms with van der Waals surface area (Å²) in [6.45, 7) is 5.23. The van der Waals surface area contributed by atoms with Gasteiger partial charge in [-0.3, -0.25) is 10.3 Å². The van der Waals surface area contributed by atoms with Crippen molar-refractivity contribution in [1.82, 2.24) is 4.90 Å². The smallest absolute Gasteiger partial charge is 0.0968 e. The highest BCUT2D eigenvalue weighted by molar-refractivity contribution is 5.83. The SMILES string of the molecule is N=C(N)C12CCC(CN3CCOCC3)(CC1)CC2. The topological polar surface area (TPSA) is 62.3 Å². The summed E-state index contributed by atoms with van der Waals surface area (Å²) in [5.41, 5.74) is 6.42. The second-order valence-corrected chi connectivity index (χ2v) is 6.58. The lowest BCUT2D eigenvalue weighted by Crippen LogP contribution is -2.53. The van der Waals surface area contributed by atoms with E-state index in [1.54, 1.807) is 0 Å². The molecule has 1 heterocycles. The fraction of sp³-hybridized carbons (Fsp3) is 0.929. The van der Waals surface area contributed by atoms with Crippen LogP contribution in [0.1, 0.15) is 38.5 Å². The summed E-state index contributed by atoms with van der Waals surface area (Å²) in [4.78, 5) is 2.58. The van der Waals surface area contributed by atoms with Crippen molar-refractivity contribution in [2.45, 2.75) is 38.5 Å². The first-order chi connectivity index (χ1) is 8.64. The lowest BCUT2D eigenvalue weighted by molar-refractivity contribution is -0.0299. The van der Waals surface area contributed by atoms with Crippen LogP contribution in [0.4, 0.5) is 0 Å². The first kappa shape index (κ1) is 12.4. The zero-order chi connectivity index (χ0) is 12.6. The van der Waals surface area contributed by atoms with Crippen LogP contribution in [0, 0.1) is 16.2 Å². The van der Waals surface area contributed by atoms with Gasteiger partial charge in [0.15, 0.2) is 0 Å². The second-order valence-electron chi connectivity index (χ2n) is 6.58. The Morgan fingerprint density at radius 3 is 2.11 bits per heavy atom. The quantitative estimate of drug-likeness (QED) is 0.591. The molecule has 1 saturated heterocycles. The van der Waals surface area contributed by atoms with Crippen molar-refractivity contribution < 1.29 is 4.74 Å². The van der Waals surface area contributed by atoms with Crippen molar-refractivity contribution in [3.05, 3.63) is 0 Å². The minimum Gasteiger partial charge on any atom is -0.387 e. The zero-order valence-corrected chi connectivity index (χ0v) is 11.2. The van der Waals surface area contributed by atoms with Crippen LogP contribution in [0.2, 0.25) is 0 Å². The number of amidine groups is 1. The Kier molecular flexibility index (Phi) is 3.10. The first-order valence-corrected chi connectivity index (χ1v) is 7.29. The minimum absolute atomic E-state index is 0.0762. The van der Waals surface area contributed by atoms with E-state index in [1.165, 1.54) is 25.8 Å². The average Bonchev–Trinajstić information content (AvgIpc) is 2.41. The first-order valence-electron chi connectivity index (χ1n) is 7.29. The molecule has 0 unspecified atom stereocenters. The molecular formula is C14H25N3O. The fourth-order valence-corrected chi connectivity index (χ4v) is 4.14. The van der Waals surface area contributed by atoms with Crippen LogP contribution in [0.3, 0.4) is 0 Å². The Balaban J connectivity index is 1.63. The van der Waals surface area contributed by atoms with Crippen LogP contribution in [0.5, 0.6) is 0 Å². The molecule has 4 aliphatic rings. The Bertz CT molecular complexity index is 311. The van der Waals surface area contributed by atoms with Gasteiger partial charge in [-0.1, -0.05) is 0 Å². The fourth-order valence-electron chi connectivity index (χ4n) is 4.14. The summed E-state index contributed by atoms with van der Waals surface area (Å²) < 4.78 is 5.43. The monoisotopic (exact) mass is 251 g/mol. The molecule has 3 aliphatic carbocycles. The van der Waals surface area contributed by atoms with Gasteiger partial charge in [0.25, 0.3) is 0 Å². The Labute approximate surface area is 109 Å². The van der Waals surface area contributed by atoms with E-state index in [-0.39, 0.29) is 5.41 Å². The second kappa shape index (κ2) is 4.49. The predicted octanol–water partition coefficient (Wildman–Crippen LogP) is 1.60.